The van der Waals surface area contributed by atoms with Gasteiger partial charge in [-0.3, -0.25) is 9.36 Å². The molecular formula is C10H13NO2. The zero-order valence-electron chi connectivity index (χ0n) is 7.82. The summed E-state index contributed by atoms with van der Waals surface area (Å²) in [5, 5.41) is 9.03. The molecule has 3 heteroatoms. The van der Waals surface area contributed by atoms with Crippen LogP contribution in [0, 0.1) is 0 Å². The Bertz CT molecular complexity index is 377. The van der Waals surface area contributed by atoms with E-state index in [4.69, 9.17) is 5.11 Å². The van der Waals surface area contributed by atoms with Crippen molar-refractivity contribution in [1.82, 2.24) is 4.57 Å². The lowest BCUT2D eigenvalue weighted by Gasteiger charge is -2.06. The lowest BCUT2D eigenvalue weighted by molar-refractivity contribution is 0.473. The first-order chi connectivity index (χ1) is 6.19. The van der Waals surface area contributed by atoms with Gasteiger partial charge in [0, 0.05) is 18.0 Å². The minimum Gasteiger partial charge on any atom is -0.508 e. The number of hydrogen-bond acceptors (Lipinski definition) is 2. The molecule has 1 aromatic heterocycles. The van der Waals surface area contributed by atoms with Crippen molar-refractivity contribution >= 4 is 5.70 Å². The maximum Gasteiger partial charge on any atom is 0.258 e. The molecule has 0 radical (unpaired) electrons. The number of nitrogens with zero attached hydrogens (tertiary/aromatic N) is 1. The van der Waals surface area contributed by atoms with Crippen LogP contribution in [0.15, 0.2) is 29.2 Å². The normalized spacial score (nSPS) is 11.7. The maximum atomic E-state index is 11.4. The Morgan fingerprint density at radius 1 is 1.69 bits per heavy atom. The molecule has 13 heavy (non-hydrogen) atoms. The maximum absolute atomic E-state index is 11.4. The zero-order valence-corrected chi connectivity index (χ0v) is 7.82. The van der Waals surface area contributed by atoms with Crippen LogP contribution in [0.5, 0.6) is 5.75 Å². The average molecular weight is 179 g/mol. The van der Waals surface area contributed by atoms with E-state index < -0.39 is 0 Å². The lowest BCUT2D eigenvalue weighted by atomic mass is 10.3. The van der Waals surface area contributed by atoms with Crippen molar-refractivity contribution in [3.63, 3.8) is 0 Å². The van der Waals surface area contributed by atoms with Crippen LogP contribution in [0.4, 0.5) is 0 Å². The Balaban J connectivity index is 3.23. The molecule has 0 amide bonds. The summed E-state index contributed by atoms with van der Waals surface area (Å²) < 4.78 is 1.53. The second-order valence-corrected chi connectivity index (χ2v) is 2.73. The van der Waals surface area contributed by atoms with Crippen molar-refractivity contribution in [2.24, 2.45) is 0 Å². The van der Waals surface area contributed by atoms with E-state index in [2.05, 4.69) is 0 Å². The van der Waals surface area contributed by atoms with Gasteiger partial charge >= 0.3 is 0 Å². The molecule has 0 saturated carbocycles. The van der Waals surface area contributed by atoms with Crippen molar-refractivity contribution in [3.05, 3.63) is 34.8 Å². The summed E-state index contributed by atoms with van der Waals surface area (Å²) in [4.78, 5) is 11.4. The summed E-state index contributed by atoms with van der Waals surface area (Å²) in [5.41, 5.74) is 0.736. The van der Waals surface area contributed by atoms with Gasteiger partial charge in [-0.1, -0.05) is 13.0 Å². The van der Waals surface area contributed by atoms with Crippen LogP contribution < -0.4 is 5.56 Å². The van der Waals surface area contributed by atoms with Crippen LogP contribution in [0.1, 0.15) is 20.3 Å². The molecule has 1 N–H and O–H groups in total. The Hall–Kier alpha value is -1.51. The lowest BCUT2D eigenvalue weighted by Crippen LogP contribution is -2.16. The average Bonchev–Trinajstić information content (AvgIpc) is 2.10. The van der Waals surface area contributed by atoms with Gasteiger partial charge in [0.25, 0.3) is 5.56 Å². The minimum atomic E-state index is -0.199. The smallest absolute Gasteiger partial charge is 0.258 e. The van der Waals surface area contributed by atoms with E-state index in [0.29, 0.717) is 0 Å². The third-order valence-electron chi connectivity index (χ3n) is 1.91. The van der Waals surface area contributed by atoms with Gasteiger partial charge in [0.2, 0.25) is 0 Å². The fourth-order valence-electron chi connectivity index (χ4n) is 1.22. The van der Waals surface area contributed by atoms with Crippen LogP contribution >= 0.6 is 0 Å². The summed E-state index contributed by atoms with van der Waals surface area (Å²) in [6, 6.07) is 2.71. The van der Waals surface area contributed by atoms with E-state index in [9.17, 15) is 4.79 Å². The summed E-state index contributed by atoms with van der Waals surface area (Å²) in [7, 11) is 0. The van der Waals surface area contributed by atoms with E-state index in [1.54, 1.807) is 6.20 Å². The first-order valence-electron chi connectivity index (χ1n) is 4.26. The Morgan fingerprint density at radius 3 is 2.85 bits per heavy atom. The third-order valence-corrected chi connectivity index (χ3v) is 1.91. The van der Waals surface area contributed by atoms with Gasteiger partial charge in [-0.05, 0) is 19.4 Å². The van der Waals surface area contributed by atoms with E-state index in [1.165, 1.54) is 16.7 Å². The summed E-state index contributed by atoms with van der Waals surface area (Å²) >= 11 is 0. The highest BCUT2D eigenvalue weighted by Crippen LogP contribution is 2.08. The molecule has 0 saturated heterocycles. The predicted octanol–water partition coefficient (Wildman–Crippen LogP) is 1.82. The van der Waals surface area contributed by atoms with E-state index in [1.807, 2.05) is 19.9 Å². The molecule has 0 aromatic carbocycles. The first-order valence-corrected chi connectivity index (χ1v) is 4.26. The van der Waals surface area contributed by atoms with Crippen molar-refractivity contribution in [1.29, 1.82) is 0 Å². The molecule has 70 valence electrons. The monoisotopic (exact) mass is 179 g/mol. The Kier molecular flexibility index (Phi) is 2.90. The topological polar surface area (TPSA) is 42.2 Å². The van der Waals surface area contributed by atoms with Gasteiger partial charge in [0.15, 0.2) is 0 Å². The second kappa shape index (κ2) is 3.94. The van der Waals surface area contributed by atoms with Crippen molar-refractivity contribution in [2.75, 3.05) is 0 Å². The fourth-order valence-corrected chi connectivity index (χ4v) is 1.22. The number of rotatable bonds is 2. The number of pyridine rings is 1. The number of aromatic nitrogens is 1. The molecule has 3 nitrogen and oxygen atoms in total. The molecule has 0 unspecified atom stereocenters. The molecular weight excluding hydrogens is 166 g/mol. The zero-order chi connectivity index (χ0) is 9.84. The fraction of sp³-hybridized carbons (Fsp3) is 0.300. The van der Waals surface area contributed by atoms with Gasteiger partial charge in [-0.25, -0.2) is 0 Å². The Labute approximate surface area is 77.0 Å². The van der Waals surface area contributed by atoms with Crippen molar-refractivity contribution in [3.8, 4) is 5.75 Å². The predicted molar refractivity (Wildman–Crippen MR) is 52.6 cm³/mol. The highest BCUT2D eigenvalue weighted by molar-refractivity contribution is 5.44. The van der Waals surface area contributed by atoms with E-state index in [-0.39, 0.29) is 11.3 Å². The third kappa shape index (κ3) is 1.99. The van der Waals surface area contributed by atoms with Crippen molar-refractivity contribution in [2.45, 2.75) is 20.3 Å². The molecule has 0 aliphatic carbocycles. The highest BCUT2D eigenvalue weighted by atomic mass is 16.3. The summed E-state index contributed by atoms with van der Waals surface area (Å²) in [6.45, 7) is 3.87. The van der Waals surface area contributed by atoms with Crippen LogP contribution in [0.3, 0.4) is 0 Å². The van der Waals surface area contributed by atoms with Crippen LogP contribution in [0.2, 0.25) is 0 Å². The van der Waals surface area contributed by atoms with Crippen molar-refractivity contribution < 1.29 is 5.11 Å². The molecule has 0 spiro atoms. The Morgan fingerprint density at radius 2 is 2.38 bits per heavy atom. The number of aromatic hydroxyl groups is 1. The van der Waals surface area contributed by atoms with Gasteiger partial charge in [0.05, 0.1) is 0 Å². The molecule has 0 bridgehead atoms. The van der Waals surface area contributed by atoms with Gasteiger partial charge in [0.1, 0.15) is 5.75 Å². The van der Waals surface area contributed by atoms with E-state index >= 15 is 0 Å². The van der Waals surface area contributed by atoms with Crippen LogP contribution in [-0.4, -0.2) is 9.67 Å². The standard InChI is InChI=1S/C10H13NO2/c1-3-8(4-2)11-6-5-9(12)7-10(11)13/h3,5-7,12H,4H2,1-2H3/b8-3+. The van der Waals surface area contributed by atoms with Crippen LogP contribution in [0.25, 0.3) is 5.70 Å². The number of allylic oxidation sites excluding steroid dienone is 2. The van der Waals surface area contributed by atoms with Gasteiger partial charge in [-0.2, -0.15) is 0 Å². The largest absolute Gasteiger partial charge is 0.508 e. The molecule has 1 aromatic rings. The molecule has 1 heterocycles. The van der Waals surface area contributed by atoms with Crippen LogP contribution in [-0.2, 0) is 0 Å². The SMILES string of the molecule is C/C=C(\CC)n1ccc(O)cc1=O. The molecule has 0 aliphatic rings. The summed E-state index contributed by atoms with van der Waals surface area (Å²) in [6.07, 6.45) is 4.26. The number of hydrogen-bond donors (Lipinski definition) is 1. The quantitative estimate of drug-likeness (QED) is 0.752. The minimum absolute atomic E-state index is 0.00723. The summed E-state index contributed by atoms with van der Waals surface area (Å²) in [5.74, 6) is 0.00723. The second-order valence-electron chi connectivity index (χ2n) is 2.73. The molecule has 0 atom stereocenters. The first kappa shape index (κ1) is 9.58. The molecule has 0 aliphatic heterocycles. The molecule has 0 fully saturated rings. The van der Waals surface area contributed by atoms with Gasteiger partial charge < -0.3 is 5.11 Å². The molecule has 1 rings (SSSR count). The van der Waals surface area contributed by atoms with Gasteiger partial charge in [-0.15, -0.1) is 0 Å². The van der Waals surface area contributed by atoms with E-state index in [0.717, 1.165) is 12.1 Å². The highest BCUT2D eigenvalue weighted by Gasteiger charge is 1.99.